The number of amides is 2. The minimum absolute atomic E-state index is 0.0970. The van der Waals surface area contributed by atoms with Crippen molar-refractivity contribution in [2.45, 2.75) is 78.8 Å². The van der Waals surface area contributed by atoms with Crippen LogP contribution < -0.4 is 10.6 Å². The number of hydrogen-bond donors (Lipinski definition) is 3. The van der Waals surface area contributed by atoms with E-state index < -0.39 is 35.1 Å². The van der Waals surface area contributed by atoms with E-state index >= 15 is 8.78 Å². The molecule has 0 unspecified atom stereocenters. The van der Waals surface area contributed by atoms with Crippen LogP contribution in [0.25, 0.3) is 11.1 Å². The van der Waals surface area contributed by atoms with Crippen LogP contribution in [0, 0.1) is 25.2 Å². The lowest BCUT2D eigenvalue weighted by Gasteiger charge is -2.43. The molecule has 2 atom stereocenters. The summed E-state index contributed by atoms with van der Waals surface area (Å²) < 4.78 is 32.1. The first kappa shape index (κ1) is 27.5. The SMILES string of the molecule is Cc1n[nH]c(C)c1-c1ccc(NC(=O)[C@@H](NC(=O)c2ccnn2C(C)C)[C@@H]2CC(C)(C)CCC2(F)F)cc1. The van der Waals surface area contributed by atoms with Gasteiger partial charge in [-0.15, -0.1) is 0 Å². The van der Waals surface area contributed by atoms with Gasteiger partial charge >= 0.3 is 0 Å². The molecule has 1 aliphatic rings. The predicted molar refractivity (Wildman–Crippen MR) is 142 cm³/mol. The third kappa shape index (κ3) is 5.63. The van der Waals surface area contributed by atoms with Gasteiger partial charge in [0.25, 0.3) is 11.8 Å². The Morgan fingerprint density at radius 3 is 2.39 bits per heavy atom. The van der Waals surface area contributed by atoms with E-state index in [1.807, 2.05) is 53.7 Å². The number of benzene rings is 1. The van der Waals surface area contributed by atoms with E-state index in [9.17, 15) is 9.59 Å². The van der Waals surface area contributed by atoms with Gasteiger partial charge in [0.05, 0.1) is 11.6 Å². The molecule has 2 heterocycles. The van der Waals surface area contributed by atoms with Gasteiger partial charge in [-0.25, -0.2) is 8.78 Å². The van der Waals surface area contributed by atoms with Gasteiger partial charge in [-0.05, 0) is 69.7 Å². The van der Waals surface area contributed by atoms with Gasteiger partial charge in [-0.3, -0.25) is 19.4 Å². The number of carbonyl (C=O) groups is 2. The summed E-state index contributed by atoms with van der Waals surface area (Å²) in [4.78, 5) is 26.8. The van der Waals surface area contributed by atoms with Crippen LogP contribution in [0.4, 0.5) is 14.5 Å². The first-order valence-corrected chi connectivity index (χ1v) is 12.9. The van der Waals surface area contributed by atoms with E-state index in [1.165, 1.54) is 16.9 Å². The smallest absolute Gasteiger partial charge is 0.270 e. The van der Waals surface area contributed by atoms with Crippen molar-refractivity contribution in [2.24, 2.45) is 11.3 Å². The maximum atomic E-state index is 15.3. The number of carbonyl (C=O) groups excluding carboxylic acids is 2. The second-order valence-electron chi connectivity index (χ2n) is 11.3. The van der Waals surface area contributed by atoms with Crippen molar-refractivity contribution in [3.8, 4) is 11.1 Å². The third-order valence-electron chi connectivity index (χ3n) is 7.38. The molecule has 0 saturated heterocycles. The fourth-order valence-electron chi connectivity index (χ4n) is 5.28. The lowest BCUT2D eigenvalue weighted by Crippen LogP contribution is -2.56. The Bertz CT molecular complexity index is 1290. The van der Waals surface area contributed by atoms with Crippen LogP contribution in [0.5, 0.6) is 0 Å². The number of hydrogen-bond acceptors (Lipinski definition) is 4. The Kier molecular flexibility index (Phi) is 7.45. The lowest BCUT2D eigenvalue weighted by atomic mass is 9.68. The highest BCUT2D eigenvalue weighted by Crippen LogP contribution is 2.48. The molecule has 0 aliphatic heterocycles. The van der Waals surface area contributed by atoms with Gasteiger partial charge in [-0.1, -0.05) is 26.0 Å². The van der Waals surface area contributed by atoms with Crippen molar-refractivity contribution in [3.63, 3.8) is 0 Å². The second-order valence-corrected chi connectivity index (χ2v) is 11.3. The Morgan fingerprint density at radius 1 is 1.11 bits per heavy atom. The fourth-order valence-corrected chi connectivity index (χ4v) is 5.28. The van der Waals surface area contributed by atoms with Crippen LogP contribution in [0.2, 0.25) is 0 Å². The zero-order chi connectivity index (χ0) is 27.8. The van der Waals surface area contributed by atoms with Crippen LogP contribution in [-0.2, 0) is 4.79 Å². The standard InChI is InChI=1S/C28H36F2N6O2/c1-16(2)36-22(11-14-31-36)25(37)33-24(21-15-27(5,6)12-13-28(21,29)30)26(38)32-20-9-7-19(8-10-20)23-17(3)34-35-18(23)4/h7-11,14,16,21,24H,12-13,15H2,1-6H3,(H,32,38)(H,33,37)(H,34,35)/t21-,24-/m0/s1. The predicted octanol–water partition coefficient (Wildman–Crippen LogP) is 5.67. The van der Waals surface area contributed by atoms with Crippen LogP contribution >= 0.6 is 0 Å². The molecule has 1 aromatic carbocycles. The lowest BCUT2D eigenvalue weighted by molar-refractivity contribution is -0.140. The van der Waals surface area contributed by atoms with Crippen molar-refractivity contribution >= 4 is 17.5 Å². The van der Waals surface area contributed by atoms with Crippen molar-refractivity contribution in [2.75, 3.05) is 5.32 Å². The van der Waals surface area contributed by atoms with Gasteiger partial charge in [0.15, 0.2) is 0 Å². The topological polar surface area (TPSA) is 105 Å². The average molecular weight is 527 g/mol. The average Bonchev–Trinajstić information content (AvgIpc) is 3.47. The molecule has 38 heavy (non-hydrogen) atoms. The van der Waals surface area contributed by atoms with Crippen molar-refractivity contribution in [1.29, 1.82) is 0 Å². The Hall–Kier alpha value is -3.56. The zero-order valence-electron chi connectivity index (χ0n) is 22.7. The molecule has 8 nitrogen and oxygen atoms in total. The Morgan fingerprint density at radius 2 is 1.79 bits per heavy atom. The molecule has 0 spiro atoms. The highest BCUT2D eigenvalue weighted by Gasteiger charge is 2.52. The molecule has 1 fully saturated rings. The quantitative estimate of drug-likeness (QED) is 0.369. The van der Waals surface area contributed by atoms with Crippen molar-refractivity contribution in [1.82, 2.24) is 25.3 Å². The molecular formula is C28H36F2N6O2. The Balaban J connectivity index is 1.62. The second kappa shape index (κ2) is 10.3. The van der Waals surface area contributed by atoms with E-state index in [1.54, 1.807) is 12.1 Å². The molecule has 2 aromatic heterocycles. The van der Waals surface area contributed by atoms with Gasteiger partial charge in [0, 0.05) is 35.6 Å². The molecule has 3 aromatic rings. The minimum atomic E-state index is -3.11. The van der Waals surface area contributed by atoms with E-state index in [0.717, 1.165) is 22.5 Å². The normalized spacial score (nSPS) is 19.2. The summed E-state index contributed by atoms with van der Waals surface area (Å²) >= 11 is 0. The number of aromatic nitrogens is 4. The number of rotatable bonds is 7. The Labute approximate surface area is 221 Å². The molecule has 1 aliphatic carbocycles. The molecule has 1 saturated carbocycles. The number of anilines is 1. The number of nitrogens with one attached hydrogen (secondary N) is 3. The van der Waals surface area contributed by atoms with Gasteiger partial charge in [0.2, 0.25) is 5.91 Å². The first-order chi connectivity index (χ1) is 17.8. The van der Waals surface area contributed by atoms with Crippen molar-refractivity contribution < 1.29 is 18.4 Å². The fraction of sp³-hybridized carbons (Fsp3) is 0.500. The molecule has 10 heteroatoms. The van der Waals surface area contributed by atoms with E-state index in [0.29, 0.717) is 12.1 Å². The summed E-state index contributed by atoms with van der Waals surface area (Å²) in [5, 5.41) is 16.7. The van der Waals surface area contributed by atoms with Crippen LogP contribution in [0.1, 0.15) is 74.9 Å². The highest BCUT2D eigenvalue weighted by molar-refractivity contribution is 6.01. The van der Waals surface area contributed by atoms with Gasteiger partial charge in [-0.2, -0.15) is 10.2 Å². The maximum Gasteiger partial charge on any atom is 0.270 e. The molecule has 0 radical (unpaired) electrons. The summed E-state index contributed by atoms with van der Waals surface area (Å²) in [6, 6.07) is 7.08. The first-order valence-electron chi connectivity index (χ1n) is 12.9. The van der Waals surface area contributed by atoms with Crippen LogP contribution in [-0.4, -0.2) is 43.8 Å². The number of nitrogens with zero attached hydrogens (tertiary/aromatic N) is 3. The van der Waals surface area contributed by atoms with Crippen LogP contribution in [0.15, 0.2) is 36.5 Å². The summed E-state index contributed by atoms with van der Waals surface area (Å²) in [5.74, 6) is -5.76. The molecule has 4 rings (SSSR count). The molecule has 0 bridgehead atoms. The monoisotopic (exact) mass is 526 g/mol. The summed E-state index contributed by atoms with van der Waals surface area (Å²) in [6.07, 6.45) is 1.58. The van der Waals surface area contributed by atoms with Crippen molar-refractivity contribution in [3.05, 3.63) is 53.6 Å². The number of H-pyrrole nitrogens is 1. The van der Waals surface area contributed by atoms with E-state index in [-0.39, 0.29) is 24.6 Å². The maximum absolute atomic E-state index is 15.3. The molecule has 204 valence electrons. The van der Waals surface area contributed by atoms with E-state index in [2.05, 4.69) is 25.9 Å². The third-order valence-corrected chi connectivity index (χ3v) is 7.38. The largest absolute Gasteiger partial charge is 0.338 e. The van der Waals surface area contributed by atoms with Gasteiger partial charge in [0.1, 0.15) is 11.7 Å². The van der Waals surface area contributed by atoms with Gasteiger partial charge < -0.3 is 10.6 Å². The number of aryl methyl sites for hydroxylation is 2. The molecule has 3 N–H and O–H groups in total. The van der Waals surface area contributed by atoms with E-state index in [4.69, 9.17) is 0 Å². The number of halogens is 2. The molecular weight excluding hydrogens is 490 g/mol. The summed E-state index contributed by atoms with van der Waals surface area (Å²) in [7, 11) is 0. The van der Waals surface area contributed by atoms with Crippen LogP contribution in [0.3, 0.4) is 0 Å². The highest BCUT2D eigenvalue weighted by atomic mass is 19.3. The number of aromatic amines is 1. The summed E-state index contributed by atoms with van der Waals surface area (Å²) in [6.45, 7) is 11.4. The minimum Gasteiger partial charge on any atom is -0.338 e. The molecule has 2 amide bonds. The number of alkyl halides is 2. The zero-order valence-corrected chi connectivity index (χ0v) is 22.7. The summed E-state index contributed by atoms with van der Waals surface area (Å²) in [5.41, 5.74) is 3.93.